The number of aromatic amines is 2. The third-order valence-electron chi connectivity index (χ3n) is 4.63. The molecule has 0 radical (unpaired) electrons. The Bertz CT molecular complexity index is 945. The van der Waals surface area contributed by atoms with Crippen molar-refractivity contribution >= 4 is 22.1 Å². The van der Waals surface area contributed by atoms with E-state index in [-0.39, 0.29) is 0 Å². The Labute approximate surface area is 152 Å². The molecule has 0 bridgehead atoms. The number of H-pyrrole nitrogens is 2. The highest BCUT2D eigenvalue weighted by molar-refractivity contribution is 5.86. The van der Waals surface area contributed by atoms with Gasteiger partial charge in [-0.05, 0) is 61.3 Å². The van der Waals surface area contributed by atoms with Crippen LogP contribution in [0.5, 0.6) is 0 Å². The molecule has 0 spiro atoms. The molecule has 0 saturated carbocycles. The topological polar surface area (TPSA) is 109 Å². The van der Waals surface area contributed by atoms with Gasteiger partial charge in [-0.2, -0.15) is 0 Å². The van der Waals surface area contributed by atoms with Gasteiger partial charge in [0, 0.05) is 12.8 Å². The van der Waals surface area contributed by atoms with Crippen molar-refractivity contribution in [3.8, 4) is 11.1 Å². The van der Waals surface area contributed by atoms with Crippen molar-refractivity contribution < 1.29 is 0 Å². The van der Waals surface area contributed by atoms with E-state index in [1.165, 1.54) is 0 Å². The van der Waals surface area contributed by atoms with Crippen LogP contribution in [0.4, 0.5) is 0 Å². The van der Waals surface area contributed by atoms with Crippen LogP contribution in [0.3, 0.4) is 0 Å². The van der Waals surface area contributed by atoms with Crippen LogP contribution in [0.15, 0.2) is 36.4 Å². The first-order chi connectivity index (χ1) is 12.8. The third-order valence-corrected chi connectivity index (χ3v) is 4.63. The van der Waals surface area contributed by atoms with Crippen LogP contribution >= 0.6 is 0 Å². The lowest BCUT2D eigenvalue weighted by Gasteiger charge is -2.01. The van der Waals surface area contributed by atoms with Gasteiger partial charge < -0.3 is 21.4 Å². The zero-order valence-corrected chi connectivity index (χ0v) is 14.8. The first-order valence-electron chi connectivity index (χ1n) is 9.14. The largest absolute Gasteiger partial charge is 0.342 e. The van der Waals surface area contributed by atoms with Crippen molar-refractivity contribution in [1.29, 1.82) is 0 Å². The van der Waals surface area contributed by atoms with E-state index in [0.717, 1.165) is 70.5 Å². The number of hydrogen-bond donors (Lipinski definition) is 4. The number of hydrogen-bond acceptors (Lipinski definition) is 4. The van der Waals surface area contributed by atoms with Gasteiger partial charge in [0.05, 0.1) is 22.1 Å². The van der Waals surface area contributed by atoms with Crippen molar-refractivity contribution in [2.75, 3.05) is 13.1 Å². The van der Waals surface area contributed by atoms with Gasteiger partial charge >= 0.3 is 0 Å². The first kappa shape index (κ1) is 16.8. The van der Waals surface area contributed by atoms with Gasteiger partial charge in [-0.15, -0.1) is 0 Å². The van der Waals surface area contributed by atoms with Gasteiger partial charge in [-0.3, -0.25) is 0 Å². The molecule has 4 aromatic rings. The maximum Gasteiger partial charge on any atom is 0.107 e. The summed E-state index contributed by atoms with van der Waals surface area (Å²) >= 11 is 0. The molecule has 0 fully saturated rings. The molecule has 6 heteroatoms. The highest BCUT2D eigenvalue weighted by Gasteiger charge is 2.08. The van der Waals surface area contributed by atoms with Crippen molar-refractivity contribution in [2.45, 2.75) is 25.7 Å². The van der Waals surface area contributed by atoms with Gasteiger partial charge in [-0.1, -0.05) is 12.1 Å². The second-order valence-corrected chi connectivity index (χ2v) is 6.62. The van der Waals surface area contributed by atoms with Gasteiger partial charge in [0.1, 0.15) is 11.6 Å². The van der Waals surface area contributed by atoms with Gasteiger partial charge in [0.15, 0.2) is 0 Å². The van der Waals surface area contributed by atoms with Crippen LogP contribution in [0, 0.1) is 0 Å². The summed E-state index contributed by atoms with van der Waals surface area (Å²) in [7, 11) is 0. The number of nitrogens with two attached hydrogens (primary N) is 2. The quantitative estimate of drug-likeness (QED) is 0.411. The van der Waals surface area contributed by atoms with Gasteiger partial charge in [0.2, 0.25) is 0 Å². The molecule has 134 valence electrons. The maximum absolute atomic E-state index is 5.59. The molecule has 2 aromatic carbocycles. The van der Waals surface area contributed by atoms with Crippen LogP contribution in [-0.4, -0.2) is 33.0 Å². The summed E-state index contributed by atoms with van der Waals surface area (Å²) in [5.74, 6) is 1.99. The lowest BCUT2D eigenvalue weighted by Crippen LogP contribution is -2.01. The number of aryl methyl sites for hydroxylation is 2. The van der Waals surface area contributed by atoms with E-state index in [4.69, 9.17) is 11.5 Å². The molecule has 0 aliphatic heterocycles. The molecule has 0 saturated heterocycles. The minimum absolute atomic E-state index is 0.680. The Morgan fingerprint density at radius 3 is 1.58 bits per heavy atom. The SMILES string of the molecule is NCCCc1nc2ccc(-c3ccc4nc(CCCN)[nH]c4c3)cc2[nH]1. The minimum Gasteiger partial charge on any atom is -0.342 e. The average molecular weight is 348 g/mol. The molecular weight excluding hydrogens is 324 g/mol. The van der Waals surface area contributed by atoms with E-state index >= 15 is 0 Å². The lowest BCUT2D eigenvalue weighted by atomic mass is 10.0. The number of nitrogens with one attached hydrogen (secondary N) is 2. The van der Waals surface area contributed by atoms with E-state index in [0.29, 0.717) is 13.1 Å². The zero-order valence-electron chi connectivity index (χ0n) is 14.8. The molecule has 0 amide bonds. The average Bonchev–Trinajstić information content (AvgIpc) is 3.26. The Balaban J connectivity index is 1.65. The number of aromatic nitrogens is 4. The monoisotopic (exact) mass is 348 g/mol. The van der Waals surface area contributed by atoms with Crippen LogP contribution in [0.2, 0.25) is 0 Å². The molecule has 0 aliphatic carbocycles. The zero-order chi connectivity index (χ0) is 17.9. The van der Waals surface area contributed by atoms with Gasteiger partial charge in [0.25, 0.3) is 0 Å². The molecule has 2 aromatic heterocycles. The Morgan fingerprint density at radius 2 is 1.15 bits per heavy atom. The summed E-state index contributed by atoms with van der Waals surface area (Å²) in [5, 5.41) is 0. The Kier molecular flexibility index (Phi) is 4.69. The van der Waals surface area contributed by atoms with Crippen molar-refractivity contribution in [3.05, 3.63) is 48.0 Å². The fourth-order valence-corrected chi connectivity index (χ4v) is 3.26. The van der Waals surface area contributed by atoms with Gasteiger partial charge in [-0.25, -0.2) is 9.97 Å². The third kappa shape index (κ3) is 3.34. The first-order valence-corrected chi connectivity index (χ1v) is 9.14. The standard InChI is InChI=1S/C20H24N6/c21-9-1-3-19-23-15-7-5-13(11-17(15)25-19)14-6-8-16-18(12-14)26-20(24-16)4-2-10-22/h5-8,11-12H,1-4,9-10,21-22H2,(H,23,25)(H,24,26). The molecule has 4 rings (SSSR count). The minimum atomic E-state index is 0.680. The van der Waals surface area contributed by atoms with E-state index in [1.807, 2.05) is 0 Å². The normalized spacial score (nSPS) is 11.6. The molecule has 0 aliphatic rings. The Hall–Kier alpha value is -2.70. The molecule has 26 heavy (non-hydrogen) atoms. The van der Waals surface area contributed by atoms with Crippen LogP contribution in [0.1, 0.15) is 24.5 Å². The second kappa shape index (κ2) is 7.27. The molecule has 6 nitrogen and oxygen atoms in total. The van der Waals surface area contributed by atoms with Crippen molar-refractivity contribution in [1.82, 2.24) is 19.9 Å². The molecule has 0 unspecified atom stereocenters. The van der Waals surface area contributed by atoms with Crippen molar-refractivity contribution in [2.24, 2.45) is 11.5 Å². The summed E-state index contributed by atoms with van der Waals surface area (Å²) in [5.41, 5.74) is 17.6. The van der Waals surface area contributed by atoms with E-state index < -0.39 is 0 Å². The van der Waals surface area contributed by atoms with Crippen LogP contribution in [-0.2, 0) is 12.8 Å². The summed E-state index contributed by atoms with van der Waals surface area (Å²) < 4.78 is 0. The fraction of sp³-hybridized carbons (Fsp3) is 0.300. The lowest BCUT2D eigenvalue weighted by molar-refractivity contribution is 0.796. The van der Waals surface area contributed by atoms with Crippen LogP contribution in [0.25, 0.3) is 33.2 Å². The summed E-state index contributed by atoms with van der Waals surface area (Å²) in [6.07, 6.45) is 3.64. The number of imidazole rings is 2. The number of nitrogens with zero attached hydrogens (tertiary/aromatic N) is 2. The summed E-state index contributed by atoms with van der Waals surface area (Å²) in [6.45, 7) is 1.36. The fourth-order valence-electron chi connectivity index (χ4n) is 3.26. The number of rotatable bonds is 7. The summed E-state index contributed by atoms with van der Waals surface area (Å²) in [6, 6.07) is 12.7. The molecule has 6 N–H and O–H groups in total. The van der Waals surface area contributed by atoms with E-state index in [1.54, 1.807) is 0 Å². The van der Waals surface area contributed by atoms with E-state index in [2.05, 4.69) is 56.3 Å². The molecule has 2 heterocycles. The Morgan fingerprint density at radius 1 is 0.692 bits per heavy atom. The highest BCUT2D eigenvalue weighted by Crippen LogP contribution is 2.26. The smallest absolute Gasteiger partial charge is 0.107 e. The number of benzene rings is 2. The molecule has 0 atom stereocenters. The number of fused-ring (bicyclic) bond motifs is 2. The summed E-state index contributed by atoms with van der Waals surface area (Å²) in [4.78, 5) is 16.1. The van der Waals surface area contributed by atoms with Crippen molar-refractivity contribution in [3.63, 3.8) is 0 Å². The van der Waals surface area contributed by atoms with Crippen LogP contribution < -0.4 is 11.5 Å². The molecular formula is C20H24N6. The predicted molar refractivity (Wildman–Crippen MR) is 106 cm³/mol. The maximum atomic E-state index is 5.59. The second-order valence-electron chi connectivity index (χ2n) is 6.62. The predicted octanol–water partition coefficient (Wildman–Crippen LogP) is 2.89. The highest BCUT2D eigenvalue weighted by atomic mass is 14.9. The van der Waals surface area contributed by atoms with E-state index in [9.17, 15) is 0 Å².